The summed E-state index contributed by atoms with van der Waals surface area (Å²) < 4.78 is 2.12. The molecule has 0 radical (unpaired) electrons. The quantitative estimate of drug-likeness (QED) is 0.920. The summed E-state index contributed by atoms with van der Waals surface area (Å²) in [5.74, 6) is 0.125. The van der Waals surface area contributed by atoms with Gasteiger partial charge in [0.25, 0.3) is 5.91 Å². The first-order valence-electron chi connectivity index (χ1n) is 6.92. The lowest BCUT2D eigenvalue weighted by Gasteiger charge is -2.26. The van der Waals surface area contributed by atoms with Gasteiger partial charge in [0.1, 0.15) is 5.69 Å². The smallest absolute Gasteiger partial charge is 0.270 e. The van der Waals surface area contributed by atoms with Crippen LogP contribution in [-0.2, 0) is 13.0 Å². The molecule has 0 unspecified atom stereocenters. The summed E-state index contributed by atoms with van der Waals surface area (Å²) in [4.78, 5) is 20.0. The van der Waals surface area contributed by atoms with Crippen LogP contribution in [0.15, 0.2) is 18.3 Å². The van der Waals surface area contributed by atoms with Gasteiger partial charge in [-0.2, -0.15) is 0 Å². The Bertz CT molecular complexity index is 671. The first-order chi connectivity index (χ1) is 9.72. The van der Waals surface area contributed by atoms with Gasteiger partial charge in [-0.25, -0.2) is 4.98 Å². The van der Waals surface area contributed by atoms with Gasteiger partial charge in [0.15, 0.2) is 5.13 Å². The molecule has 2 aromatic rings. The van der Waals surface area contributed by atoms with Crippen LogP contribution >= 0.6 is 11.3 Å². The van der Waals surface area contributed by atoms with E-state index in [0.29, 0.717) is 17.7 Å². The van der Waals surface area contributed by atoms with Crippen molar-refractivity contribution in [3.63, 3.8) is 0 Å². The number of aromatic nitrogens is 2. The predicted molar refractivity (Wildman–Crippen MR) is 77.7 cm³/mol. The van der Waals surface area contributed by atoms with Crippen LogP contribution < -0.4 is 5.73 Å². The van der Waals surface area contributed by atoms with Crippen LogP contribution in [0.3, 0.4) is 0 Å². The summed E-state index contributed by atoms with van der Waals surface area (Å²) in [6.45, 7) is 1.36. The molecule has 0 saturated heterocycles. The summed E-state index contributed by atoms with van der Waals surface area (Å²) in [6, 6.07) is 4.42. The second-order valence-electron chi connectivity index (χ2n) is 5.43. The molecule has 0 aromatic carbocycles. The Kier molecular flexibility index (Phi) is 2.60. The lowest BCUT2D eigenvalue weighted by Crippen LogP contribution is -2.36. The minimum atomic E-state index is 0.125. The number of carbonyl (C=O) groups is 1. The van der Waals surface area contributed by atoms with Gasteiger partial charge in [0.05, 0.1) is 12.2 Å². The number of fused-ring (bicyclic) bond motifs is 1. The average molecular weight is 288 g/mol. The molecule has 2 aromatic heterocycles. The zero-order chi connectivity index (χ0) is 13.7. The Balaban J connectivity index is 1.59. The third kappa shape index (κ3) is 1.91. The molecule has 6 heteroatoms. The van der Waals surface area contributed by atoms with Crippen LogP contribution in [0.5, 0.6) is 0 Å². The van der Waals surface area contributed by atoms with Gasteiger partial charge >= 0.3 is 0 Å². The Morgan fingerprint density at radius 2 is 2.30 bits per heavy atom. The molecule has 1 aliphatic heterocycles. The van der Waals surface area contributed by atoms with Gasteiger partial charge in [-0.3, -0.25) is 4.79 Å². The van der Waals surface area contributed by atoms with E-state index in [2.05, 4.69) is 9.55 Å². The lowest BCUT2D eigenvalue weighted by molar-refractivity contribution is 0.0725. The van der Waals surface area contributed by atoms with Gasteiger partial charge in [-0.05, 0) is 25.0 Å². The number of nitrogen functional groups attached to an aromatic ring is 1. The van der Waals surface area contributed by atoms with E-state index in [-0.39, 0.29) is 5.91 Å². The van der Waals surface area contributed by atoms with Gasteiger partial charge in [0, 0.05) is 30.1 Å². The monoisotopic (exact) mass is 288 g/mol. The second kappa shape index (κ2) is 4.34. The van der Waals surface area contributed by atoms with E-state index in [9.17, 15) is 4.79 Å². The topological polar surface area (TPSA) is 64.2 Å². The maximum atomic E-state index is 12.7. The maximum absolute atomic E-state index is 12.7. The van der Waals surface area contributed by atoms with Crippen molar-refractivity contribution < 1.29 is 4.79 Å². The fourth-order valence-corrected chi connectivity index (χ4v) is 3.69. The number of anilines is 1. The Morgan fingerprint density at radius 3 is 3.10 bits per heavy atom. The van der Waals surface area contributed by atoms with Gasteiger partial charge < -0.3 is 15.2 Å². The first kappa shape index (κ1) is 12.0. The van der Waals surface area contributed by atoms with Crippen molar-refractivity contribution in [1.82, 2.24) is 14.5 Å². The zero-order valence-corrected chi connectivity index (χ0v) is 11.9. The third-order valence-electron chi connectivity index (χ3n) is 3.97. The van der Waals surface area contributed by atoms with Crippen LogP contribution in [0, 0.1) is 0 Å². The highest BCUT2D eigenvalue weighted by Gasteiger charge is 2.30. The van der Waals surface area contributed by atoms with E-state index >= 15 is 0 Å². The van der Waals surface area contributed by atoms with Crippen molar-refractivity contribution in [1.29, 1.82) is 0 Å². The van der Waals surface area contributed by atoms with E-state index < -0.39 is 0 Å². The molecule has 1 aliphatic carbocycles. The lowest BCUT2D eigenvalue weighted by atomic mass is 10.1. The molecule has 1 fully saturated rings. The number of nitrogens with zero attached hydrogens (tertiary/aromatic N) is 3. The summed E-state index contributed by atoms with van der Waals surface area (Å²) in [7, 11) is 0. The van der Waals surface area contributed by atoms with Gasteiger partial charge in [0.2, 0.25) is 0 Å². The molecule has 0 atom stereocenters. The zero-order valence-electron chi connectivity index (χ0n) is 11.1. The number of amides is 1. The van der Waals surface area contributed by atoms with Crippen LogP contribution in [-0.4, -0.2) is 26.9 Å². The fourth-order valence-electron chi connectivity index (χ4n) is 2.80. The molecule has 4 rings (SSSR count). The molecule has 104 valence electrons. The third-order valence-corrected chi connectivity index (χ3v) is 4.88. The molecule has 0 spiro atoms. The number of rotatable bonds is 2. The molecule has 5 nitrogen and oxygen atoms in total. The highest BCUT2D eigenvalue weighted by Crippen LogP contribution is 2.36. The first-order valence-corrected chi connectivity index (χ1v) is 7.74. The standard InChI is InChI=1S/C14H16N4OS/c15-14-16-10-5-7-17(8-12(10)20-14)13(19)11-2-1-6-18(11)9-3-4-9/h1-2,6,9H,3-5,7-8H2,(H2,15,16). The van der Waals surface area contributed by atoms with E-state index in [0.717, 1.165) is 29.2 Å². The minimum Gasteiger partial charge on any atom is -0.375 e. The van der Waals surface area contributed by atoms with Crippen molar-refractivity contribution >= 4 is 22.4 Å². The van der Waals surface area contributed by atoms with Crippen LogP contribution in [0.2, 0.25) is 0 Å². The van der Waals surface area contributed by atoms with E-state index in [1.54, 1.807) is 0 Å². The molecule has 3 heterocycles. The number of thiazole rings is 1. The summed E-state index contributed by atoms with van der Waals surface area (Å²) in [5.41, 5.74) is 7.62. The van der Waals surface area contributed by atoms with Crippen LogP contribution in [0.25, 0.3) is 0 Å². The molecule has 2 aliphatic rings. The molecule has 1 saturated carbocycles. The Labute approximate surface area is 121 Å². The van der Waals surface area contributed by atoms with Gasteiger partial charge in [-0.15, -0.1) is 11.3 Å². The predicted octanol–water partition coefficient (Wildman–Crippen LogP) is 2.06. The number of hydrogen-bond acceptors (Lipinski definition) is 4. The highest BCUT2D eigenvalue weighted by atomic mass is 32.1. The van der Waals surface area contributed by atoms with Crippen molar-refractivity contribution in [3.05, 3.63) is 34.6 Å². The normalized spacial score (nSPS) is 18.1. The molecule has 1 amide bonds. The molecule has 0 bridgehead atoms. The largest absolute Gasteiger partial charge is 0.375 e. The minimum absolute atomic E-state index is 0.125. The van der Waals surface area contributed by atoms with Crippen LogP contribution in [0.4, 0.5) is 5.13 Å². The fraction of sp³-hybridized carbons (Fsp3) is 0.429. The Hall–Kier alpha value is -1.82. The number of nitrogens with two attached hydrogens (primary N) is 1. The summed E-state index contributed by atoms with van der Waals surface area (Å²) >= 11 is 1.50. The number of carbonyl (C=O) groups excluding carboxylic acids is 1. The van der Waals surface area contributed by atoms with Gasteiger partial charge in [-0.1, -0.05) is 0 Å². The second-order valence-corrected chi connectivity index (χ2v) is 6.55. The average Bonchev–Trinajstić information content (AvgIpc) is 3.04. The molecule has 2 N–H and O–H groups in total. The van der Waals surface area contributed by atoms with Crippen molar-refractivity contribution in [2.24, 2.45) is 0 Å². The molecule has 20 heavy (non-hydrogen) atoms. The van der Waals surface area contributed by atoms with E-state index in [1.807, 2.05) is 23.2 Å². The van der Waals surface area contributed by atoms with E-state index in [1.165, 1.54) is 24.2 Å². The van der Waals surface area contributed by atoms with Crippen LogP contribution in [0.1, 0.15) is 39.9 Å². The molecular weight excluding hydrogens is 272 g/mol. The Morgan fingerprint density at radius 1 is 1.45 bits per heavy atom. The highest BCUT2D eigenvalue weighted by molar-refractivity contribution is 7.15. The van der Waals surface area contributed by atoms with Crippen molar-refractivity contribution in [3.8, 4) is 0 Å². The number of hydrogen-bond donors (Lipinski definition) is 1. The SMILES string of the molecule is Nc1nc2c(s1)CN(C(=O)c1cccn1C1CC1)CC2. The van der Waals surface area contributed by atoms with E-state index in [4.69, 9.17) is 5.73 Å². The maximum Gasteiger partial charge on any atom is 0.270 e. The van der Waals surface area contributed by atoms with Crippen molar-refractivity contribution in [2.75, 3.05) is 12.3 Å². The summed E-state index contributed by atoms with van der Waals surface area (Å²) in [5, 5.41) is 0.602. The molecular formula is C14H16N4OS. The summed E-state index contributed by atoms with van der Waals surface area (Å²) in [6.07, 6.45) is 5.19. The van der Waals surface area contributed by atoms with Crippen molar-refractivity contribution in [2.45, 2.75) is 31.8 Å².